The molecule has 0 aliphatic rings. The van der Waals surface area contributed by atoms with E-state index >= 15 is 0 Å². The molecule has 0 heterocycles. The van der Waals surface area contributed by atoms with Crippen LogP contribution in [0.3, 0.4) is 0 Å². The van der Waals surface area contributed by atoms with Crippen LogP contribution in [0.25, 0.3) is 0 Å². The van der Waals surface area contributed by atoms with Crippen LogP contribution in [0, 0.1) is 0 Å². The van der Waals surface area contributed by atoms with Crippen LogP contribution in [-0.4, -0.2) is 105 Å². The molecule has 0 unspecified atom stereocenters. The van der Waals surface area contributed by atoms with E-state index in [2.05, 4.69) is 10.6 Å². The van der Waals surface area contributed by atoms with Crippen molar-refractivity contribution in [1.82, 2.24) is 5.32 Å². The molecule has 0 fully saturated rings. The molecular weight excluding hydrogens is 444 g/mol. The smallest absolute Gasteiger partial charge is 0.222 e. The molecule has 196 valence electrons. The summed E-state index contributed by atoms with van der Waals surface area (Å²) in [5.74, 6) is -0.0428. The van der Waals surface area contributed by atoms with Gasteiger partial charge in [-0.1, -0.05) is 0 Å². The molecule has 0 aromatic heterocycles. The molecule has 11 nitrogen and oxygen atoms in total. The Bertz CT molecular complexity index is 593. The minimum atomic E-state index is -0.0428. The molecule has 1 rings (SSSR count). The van der Waals surface area contributed by atoms with Gasteiger partial charge in [-0.15, -0.1) is 0 Å². The monoisotopic (exact) mass is 486 g/mol. The highest BCUT2D eigenvalue weighted by Gasteiger charge is 2.01. The van der Waals surface area contributed by atoms with Crippen LogP contribution < -0.4 is 22.1 Å². The second-order valence-electron chi connectivity index (χ2n) is 7.11. The third-order valence-electron chi connectivity index (χ3n) is 4.28. The quantitative estimate of drug-likeness (QED) is 0.118. The number of carbonyl (C=O) groups excluding carboxylic acids is 1. The van der Waals surface area contributed by atoms with Crippen LogP contribution in [0.2, 0.25) is 0 Å². The summed E-state index contributed by atoms with van der Waals surface area (Å²) < 4.78 is 32.2. The number of hydrogen-bond acceptors (Lipinski definition) is 10. The normalized spacial score (nSPS) is 11.0. The molecule has 1 amide bonds. The molecule has 0 radical (unpaired) electrons. The first-order valence-electron chi connectivity index (χ1n) is 11.7. The number of benzene rings is 1. The maximum absolute atomic E-state index is 11.8. The maximum Gasteiger partial charge on any atom is 0.222 e. The Labute approximate surface area is 202 Å². The fourth-order valence-corrected chi connectivity index (χ4v) is 2.55. The van der Waals surface area contributed by atoms with Gasteiger partial charge >= 0.3 is 0 Å². The number of rotatable bonds is 24. The number of amides is 1. The van der Waals surface area contributed by atoms with Crippen LogP contribution in [0.1, 0.15) is 6.42 Å². The Kier molecular flexibility index (Phi) is 20.1. The van der Waals surface area contributed by atoms with E-state index in [1.807, 2.05) is 24.3 Å². The molecule has 0 atom stereocenters. The molecule has 11 heteroatoms. The average molecular weight is 487 g/mol. The summed E-state index contributed by atoms with van der Waals surface area (Å²) in [5, 5.41) is 6.05. The molecule has 0 aliphatic carbocycles. The third-order valence-corrected chi connectivity index (χ3v) is 4.28. The van der Waals surface area contributed by atoms with Crippen LogP contribution in [0.5, 0.6) is 0 Å². The highest BCUT2D eigenvalue weighted by molar-refractivity contribution is 5.75. The summed E-state index contributed by atoms with van der Waals surface area (Å²) in [6, 6.07) is 7.45. The average Bonchev–Trinajstić information content (AvgIpc) is 2.84. The van der Waals surface area contributed by atoms with Crippen molar-refractivity contribution in [3.8, 4) is 0 Å². The van der Waals surface area contributed by atoms with Gasteiger partial charge in [0.1, 0.15) is 0 Å². The predicted molar refractivity (Wildman–Crippen MR) is 131 cm³/mol. The number of nitrogen functional groups attached to an aromatic ring is 1. The molecule has 1 aromatic carbocycles. The number of anilines is 2. The third kappa shape index (κ3) is 19.5. The van der Waals surface area contributed by atoms with E-state index in [4.69, 9.17) is 39.9 Å². The lowest BCUT2D eigenvalue weighted by Gasteiger charge is -2.09. The van der Waals surface area contributed by atoms with E-state index in [0.29, 0.717) is 105 Å². The predicted octanol–water partition coefficient (Wildman–Crippen LogP) is 0.245. The number of hydrogen-bond donors (Lipinski definition) is 4. The van der Waals surface area contributed by atoms with Crippen LogP contribution in [0.4, 0.5) is 11.4 Å². The molecule has 0 spiro atoms. The Morgan fingerprint density at radius 2 is 1.09 bits per heavy atom. The van der Waals surface area contributed by atoms with Crippen molar-refractivity contribution in [3.63, 3.8) is 0 Å². The highest BCUT2D eigenvalue weighted by atomic mass is 16.6. The lowest BCUT2D eigenvalue weighted by molar-refractivity contribution is -0.122. The molecule has 34 heavy (non-hydrogen) atoms. The van der Waals surface area contributed by atoms with Gasteiger partial charge in [-0.3, -0.25) is 4.79 Å². The minimum absolute atomic E-state index is 0.0428. The zero-order valence-electron chi connectivity index (χ0n) is 20.1. The van der Waals surface area contributed by atoms with Gasteiger partial charge in [0.05, 0.1) is 79.3 Å². The van der Waals surface area contributed by atoms with Crippen LogP contribution >= 0.6 is 0 Å². The summed E-state index contributed by atoms with van der Waals surface area (Å²) in [7, 11) is 0. The Morgan fingerprint density at radius 3 is 1.56 bits per heavy atom. The highest BCUT2D eigenvalue weighted by Crippen LogP contribution is 2.09. The second kappa shape index (κ2) is 22.8. The molecular formula is C23H42N4O7. The number of nitrogens with one attached hydrogen (secondary N) is 2. The van der Waals surface area contributed by atoms with Crippen molar-refractivity contribution >= 4 is 17.3 Å². The number of carbonyl (C=O) groups is 1. The van der Waals surface area contributed by atoms with Crippen molar-refractivity contribution < 1.29 is 33.2 Å². The fourth-order valence-electron chi connectivity index (χ4n) is 2.55. The topological polar surface area (TPSA) is 149 Å². The zero-order chi connectivity index (χ0) is 24.5. The van der Waals surface area contributed by atoms with E-state index in [0.717, 1.165) is 11.4 Å². The first-order chi connectivity index (χ1) is 16.7. The molecule has 0 bridgehead atoms. The summed E-state index contributed by atoms with van der Waals surface area (Å²) >= 11 is 0. The maximum atomic E-state index is 11.8. The van der Waals surface area contributed by atoms with E-state index < -0.39 is 0 Å². The number of nitrogens with two attached hydrogens (primary N) is 2. The standard InChI is InChI=1S/C23H42N4O7/c24-6-10-30-12-14-32-16-18-34-20-19-33-17-15-31-13-11-29-9-5-23(28)27-8-7-26-22-3-1-21(25)2-4-22/h1-4,26H,5-20,24-25H2,(H,27,28). The van der Waals surface area contributed by atoms with Crippen molar-refractivity contribution in [2.75, 3.05) is 110 Å². The SMILES string of the molecule is NCCOCCOCCOCCOCCOCCOCCC(=O)NCCNc1ccc(N)cc1. The Hall–Kier alpha value is -1.99. The van der Waals surface area contributed by atoms with Gasteiger partial charge in [0.15, 0.2) is 0 Å². The van der Waals surface area contributed by atoms with Gasteiger partial charge in [0, 0.05) is 37.4 Å². The lowest BCUT2D eigenvalue weighted by Crippen LogP contribution is -2.29. The summed E-state index contributed by atoms with van der Waals surface area (Å²) in [6.07, 6.45) is 0.318. The zero-order valence-corrected chi connectivity index (χ0v) is 20.1. The van der Waals surface area contributed by atoms with Crippen molar-refractivity contribution in [2.45, 2.75) is 6.42 Å². The van der Waals surface area contributed by atoms with Gasteiger partial charge < -0.3 is 50.5 Å². The van der Waals surface area contributed by atoms with Gasteiger partial charge in [-0.25, -0.2) is 0 Å². The first kappa shape index (κ1) is 30.0. The molecule has 0 aliphatic heterocycles. The van der Waals surface area contributed by atoms with Gasteiger partial charge in [0.25, 0.3) is 0 Å². The Balaban J connectivity index is 1.73. The summed E-state index contributed by atoms with van der Waals surface area (Å²) in [6.45, 7) is 7.63. The fraction of sp³-hybridized carbons (Fsp3) is 0.696. The van der Waals surface area contributed by atoms with Crippen molar-refractivity contribution in [1.29, 1.82) is 0 Å². The summed E-state index contributed by atoms with van der Waals surface area (Å²) in [4.78, 5) is 11.8. The summed E-state index contributed by atoms with van der Waals surface area (Å²) in [5.41, 5.74) is 12.6. The minimum Gasteiger partial charge on any atom is -0.399 e. The van der Waals surface area contributed by atoms with Gasteiger partial charge in [-0.05, 0) is 24.3 Å². The largest absolute Gasteiger partial charge is 0.399 e. The van der Waals surface area contributed by atoms with E-state index in [1.54, 1.807) is 0 Å². The second-order valence-corrected chi connectivity index (χ2v) is 7.11. The van der Waals surface area contributed by atoms with Gasteiger partial charge in [-0.2, -0.15) is 0 Å². The molecule has 0 saturated heterocycles. The van der Waals surface area contributed by atoms with Crippen LogP contribution in [0.15, 0.2) is 24.3 Å². The molecule has 0 saturated carbocycles. The first-order valence-corrected chi connectivity index (χ1v) is 11.7. The van der Waals surface area contributed by atoms with Crippen LogP contribution in [-0.2, 0) is 33.2 Å². The van der Waals surface area contributed by atoms with E-state index in [9.17, 15) is 4.79 Å². The molecule has 6 N–H and O–H groups in total. The lowest BCUT2D eigenvalue weighted by atomic mass is 10.3. The number of ether oxygens (including phenoxy) is 6. The van der Waals surface area contributed by atoms with E-state index in [1.165, 1.54) is 0 Å². The van der Waals surface area contributed by atoms with Crippen molar-refractivity contribution in [3.05, 3.63) is 24.3 Å². The Morgan fingerprint density at radius 1 is 0.647 bits per heavy atom. The molecule has 1 aromatic rings. The van der Waals surface area contributed by atoms with E-state index in [-0.39, 0.29) is 5.91 Å². The van der Waals surface area contributed by atoms with Gasteiger partial charge in [0.2, 0.25) is 5.91 Å². The van der Waals surface area contributed by atoms with Crippen molar-refractivity contribution in [2.24, 2.45) is 5.73 Å².